The van der Waals surface area contributed by atoms with Crippen LogP contribution in [0.25, 0.3) is 0 Å². The van der Waals surface area contributed by atoms with Gasteiger partial charge in [-0.1, -0.05) is 11.6 Å². The molecule has 0 N–H and O–H groups in total. The van der Waals surface area contributed by atoms with E-state index in [2.05, 4.69) is 0 Å². The number of halogens is 5. The molecule has 0 aliphatic rings. The number of carbonyl (C=O) groups excluding carboxylic acids is 1. The van der Waals surface area contributed by atoms with E-state index in [1.807, 2.05) is 0 Å². The van der Waals surface area contributed by atoms with Crippen LogP contribution in [0, 0.1) is 6.92 Å². The maximum Gasteiger partial charge on any atom is 0.417 e. The minimum Gasteiger partial charge on any atom is -0.293 e. The van der Waals surface area contributed by atoms with Crippen molar-refractivity contribution in [3.05, 3.63) is 33.8 Å². The zero-order chi connectivity index (χ0) is 12.5. The molecule has 88 valence electrons. The van der Waals surface area contributed by atoms with Crippen molar-refractivity contribution in [2.24, 2.45) is 0 Å². The van der Waals surface area contributed by atoms with Crippen molar-refractivity contribution in [1.82, 2.24) is 0 Å². The van der Waals surface area contributed by atoms with Gasteiger partial charge in [0.25, 0.3) is 0 Å². The first-order valence-electron chi connectivity index (χ1n) is 4.24. The topological polar surface area (TPSA) is 17.1 Å². The van der Waals surface area contributed by atoms with E-state index in [4.69, 9.17) is 23.2 Å². The molecule has 16 heavy (non-hydrogen) atoms. The van der Waals surface area contributed by atoms with Gasteiger partial charge in [-0.25, -0.2) is 0 Å². The number of ketones is 1. The highest BCUT2D eigenvalue weighted by molar-refractivity contribution is 6.33. The highest BCUT2D eigenvalue weighted by atomic mass is 35.5. The molecular weight excluding hydrogens is 264 g/mol. The first-order chi connectivity index (χ1) is 7.27. The highest BCUT2D eigenvalue weighted by Crippen LogP contribution is 2.35. The van der Waals surface area contributed by atoms with Crippen LogP contribution in [0.2, 0.25) is 5.02 Å². The average molecular weight is 271 g/mol. The van der Waals surface area contributed by atoms with E-state index in [1.165, 1.54) is 6.92 Å². The highest BCUT2D eigenvalue weighted by Gasteiger charge is 2.35. The number of Topliss-reactive ketones (excluding diaryl/α,β-unsaturated/α-hetero) is 1. The fraction of sp³-hybridized carbons (Fsp3) is 0.300. The van der Waals surface area contributed by atoms with E-state index in [0.29, 0.717) is 0 Å². The molecule has 0 radical (unpaired) electrons. The van der Waals surface area contributed by atoms with Gasteiger partial charge in [-0.3, -0.25) is 4.79 Å². The van der Waals surface area contributed by atoms with Gasteiger partial charge in [-0.05, 0) is 24.6 Å². The van der Waals surface area contributed by atoms with Gasteiger partial charge in [0.1, 0.15) is 0 Å². The Hall–Kier alpha value is -0.740. The van der Waals surface area contributed by atoms with Crippen LogP contribution in [-0.2, 0) is 6.18 Å². The normalized spacial score (nSPS) is 11.6. The van der Waals surface area contributed by atoms with Crippen LogP contribution >= 0.6 is 23.2 Å². The van der Waals surface area contributed by atoms with Gasteiger partial charge in [-0.15, -0.1) is 11.6 Å². The standard InChI is InChI=1S/C10H7Cl2F3O/c1-5-2-7(10(13,14)15)6(3-8(5)12)9(16)4-11/h2-3H,4H2,1H3. The lowest BCUT2D eigenvalue weighted by Gasteiger charge is -2.13. The SMILES string of the molecule is Cc1cc(C(F)(F)F)c(C(=O)CCl)cc1Cl. The number of hydrogen-bond donors (Lipinski definition) is 0. The van der Waals surface area contributed by atoms with E-state index in [1.54, 1.807) is 0 Å². The summed E-state index contributed by atoms with van der Waals surface area (Å²) in [7, 11) is 0. The number of rotatable bonds is 2. The second-order valence-corrected chi connectivity index (χ2v) is 3.88. The van der Waals surface area contributed by atoms with E-state index in [-0.39, 0.29) is 10.6 Å². The van der Waals surface area contributed by atoms with Crippen molar-refractivity contribution in [3.8, 4) is 0 Å². The van der Waals surface area contributed by atoms with Crippen LogP contribution in [0.3, 0.4) is 0 Å². The maximum atomic E-state index is 12.6. The molecule has 0 saturated carbocycles. The monoisotopic (exact) mass is 270 g/mol. The van der Waals surface area contributed by atoms with Gasteiger partial charge in [0.15, 0.2) is 5.78 Å². The summed E-state index contributed by atoms with van der Waals surface area (Å²) >= 11 is 10.9. The van der Waals surface area contributed by atoms with Crippen LogP contribution in [0.15, 0.2) is 12.1 Å². The van der Waals surface area contributed by atoms with Crippen molar-refractivity contribution < 1.29 is 18.0 Å². The van der Waals surface area contributed by atoms with Crippen LogP contribution in [0.4, 0.5) is 13.2 Å². The van der Waals surface area contributed by atoms with Gasteiger partial charge in [0, 0.05) is 10.6 Å². The molecule has 1 rings (SSSR count). The molecule has 0 atom stereocenters. The Labute approximate surface area is 100 Å². The van der Waals surface area contributed by atoms with Gasteiger partial charge >= 0.3 is 6.18 Å². The zero-order valence-electron chi connectivity index (χ0n) is 8.16. The number of benzene rings is 1. The van der Waals surface area contributed by atoms with Gasteiger partial charge in [0.2, 0.25) is 0 Å². The quantitative estimate of drug-likeness (QED) is 0.585. The summed E-state index contributed by atoms with van der Waals surface area (Å²) in [5.41, 5.74) is -1.22. The molecule has 0 aliphatic heterocycles. The average Bonchev–Trinajstić information content (AvgIpc) is 2.18. The molecule has 1 aromatic carbocycles. The van der Waals surface area contributed by atoms with Gasteiger partial charge in [-0.2, -0.15) is 13.2 Å². The first kappa shape index (κ1) is 13.3. The van der Waals surface area contributed by atoms with Crippen LogP contribution in [-0.4, -0.2) is 11.7 Å². The van der Waals surface area contributed by atoms with Crippen molar-refractivity contribution in [1.29, 1.82) is 0 Å². The Balaban J connectivity index is 3.45. The van der Waals surface area contributed by atoms with Crippen LogP contribution in [0.1, 0.15) is 21.5 Å². The van der Waals surface area contributed by atoms with E-state index < -0.39 is 29.0 Å². The Morgan fingerprint density at radius 3 is 2.38 bits per heavy atom. The second kappa shape index (κ2) is 4.63. The second-order valence-electron chi connectivity index (χ2n) is 3.20. The third-order valence-electron chi connectivity index (χ3n) is 2.03. The van der Waals surface area contributed by atoms with E-state index in [9.17, 15) is 18.0 Å². The molecule has 0 unspecified atom stereocenters. The minimum atomic E-state index is -4.59. The molecule has 0 bridgehead atoms. The Kier molecular flexibility index (Phi) is 3.86. The van der Waals surface area contributed by atoms with Crippen molar-refractivity contribution in [2.45, 2.75) is 13.1 Å². The first-order valence-corrected chi connectivity index (χ1v) is 5.15. The molecule has 0 aliphatic carbocycles. The molecule has 1 nitrogen and oxygen atoms in total. The number of alkyl halides is 4. The van der Waals surface area contributed by atoms with Crippen LogP contribution < -0.4 is 0 Å². The predicted molar refractivity (Wildman–Crippen MR) is 56.2 cm³/mol. The molecule has 1 aromatic rings. The molecule has 0 saturated heterocycles. The number of hydrogen-bond acceptors (Lipinski definition) is 1. The molecule has 6 heteroatoms. The minimum absolute atomic E-state index is 0.112. The Morgan fingerprint density at radius 1 is 1.38 bits per heavy atom. The van der Waals surface area contributed by atoms with Crippen molar-refractivity contribution >= 4 is 29.0 Å². The van der Waals surface area contributed by atoms with Gasteiger partial charge < -0.3 is 0 Å². The largest absolute Gasteiger partial charge is 0.417 e. The van der Waals surface area contributed by atoms with Crippen molar-refractivity contribution in [3.63, 3.8) is 0 Å². The summed E-state index contributed by atoms with van der Waals surface area (Å²) in [6.45, 7) is 1.44. The summed E-state index contributed by atoms with van der Waals surface area (Å²) in [5, 5.41) is 0.112. The lowest BCUT2D eigenvalue weighted by Crippen LogP contribution is -2.14. The third-order valence-corrected chi connectivity index (χ3v) is 2.68. The molecular formula is C10H7Cl2F3O. The summed E-state index contributed by atoms with van der Waals surface area (Å²) in [5.74, 6) is -1.31. The van der Waals surface area contributed by atoms with E-state index in [0.717, 1.165) is 12.1 Å². The fourth-order valence-electron chi connectivity index (χ4n) is 1.22. The summed E-state index contributed by atoms with van der Waals surface area (Å²) in [6, 6.07) is 1.85. The van der Waals surface area contributed by atoms with E-state index >= 15 is 0 Å². The maximum absolute atomic E-state index is 12.6. The molecule has 0 spiro atoms. The lowest BCUT2D eigenvalue weighted by molar-refractivity contribution is -0.137. The summed E-state index contributed by atoms with van der Waals surface area (Å²) in [4.78, 5) is 11.3. The van der Waals surface area contributed by atoms with Gasteiger partial charge in [0.05, 0.1) is 11.4 Å². The van der Waals surface area contributed by atoms with Crippen LogP contribution in [0.5, 0.6) is 0 Å². The number of carbonyl (C=O) groups is 1. The van der Waals surface area contributed by atoms with Crippen molar-refractivity contribution in [2.75, 3.05) is 5.88 Å². The zero-order valence-corrected chi connectivity index (χ0v) is 9.67. The molecule has 0 fully saturated rings. The molecule has 0 heterocycles. The summed E-state index contributed by atoms with van der Waals surface area (Å²) < 4.78 is 37.9. The Bertz CT molecular complexity index is 427. The number of aryl methyl sites for hydroxylation is 1. The smallest absolute Gasteiger partial charge is 0.293 e. The Morgan fingerprint density at radius 2 is 1.94 bits per heavy atom. The summed E-state index contributed by atoms with van der Waals surface area (Å²) in [6.07, 6.45) is -4.59. The third kappa shape index (κ3) is 2.68. The molecule has 0 amide bonds. The lowest BCUT2D eigenvalue weighted by atomic mass is 10.0. The fourth-order valence-corrected chi connectivity index (χ4v) is 1.53. The molecule has 0 aromatic heterocycles. The predicted octanol–water partition coefficient (Wildman–Crippen LogP) is 4.09.